The first kappa shape index (κ1) is 17.7. The Kier molecular flexibility index (Phi) is 5.28. The van der Waals surface area contributed by atoms with Crippen molar-refractivity contribution in [2.45, 2.75) is 17.7 Å². The summed E-state index contributed by atoms with van der Waals surface area (Å²) in [6.07, 6.45) is 0.459. The number of hydrogen-bond acceptors (Lipinski definition) is 8. The zero-order chi connectivity index (χ0) is 17.9. The van der Waals surface area contributed by atoms with Crippen LogP contribution in [0.1, 0.15) is 6.42 Å². The van der Waals surface area contributed by atoms with E-state index in [2.05, 4.69) is 15.5 Å². The fourth-order valence-electron chi connectivity index (χ4n) is 2.42. The molecule has 25 heavy (non-hydrogen) atoms. The third kappa shape index (κ3) is 4.73. The number of sulfone groups is 1. The van der Waals surface area contributed by atoms with E-state index in [0.717, 1.165) is 23.1 Å². The summed E-state index contributed by atoms with van der Waals surface area (Å²) >= 11 is 1.11. The Morgan fingerprint density at radius 1 is 1.36 bits per heavy atom. The second-order valence-electron chi connectivity index (χ2n) is 5.56. The van der Waals surface area contributed by atoms with Crippen LogP contribution >= 0.6 is 11.8 Å². The Labute approximate surface area is 149 Å². The van der Waals surface area contributed by atoms with Crippen molar-refractivity contribution in [3.8, 4) is 17.2 Å². The quantitative estimate of drug-likeness (QED) is 0.739. The largest absolute Gasteiger partial charge is 0.497 e. The van der Waals surface area contributed by atoms with E-state index >= 15 is 0 Å². The van der Waals surface area contributed by atoms with Crippen LogP contribution in [0.4, 0.5) is 0 Å². The van der Waals surface area contributed by atoms with Gasteiger partial charge in [0.1, 0.15) is 5.75 Å². The lowest BCUT2D eigenvalue weighted by Crippen LogP contribution is -2.36. The molecule has 1 saturated heterocycles. The van der Waals surface area contributed by atoms with Gasteiger partial charge in [-0.25, -0.2) is 8.42 Å². The normalized spacial score (nSPS) is 18.8. The third-order valence-corrected chi connectivity index (χ3v) is 6.25. The van der Waals surface area contributed by atoms with E-state index in [-0.39, 0.29) is 34.4 Å². The van der Waals surface area contributed by atoms with Crippen LogP contribution in [0.15, 0.2) is 33.9 Å². The van der Waals surface area contributed by atoms with Crippen LogP contribution in [0.3, 0.4) is 0 Å². The summed E-state index contributed by atoms with van der Waals surface area (Å²) in [5.74, 6) is 1.04. The van der Waals surface area contributed by atoms with E-state index in [0.29, 0.717) is 12.3 Å². The minimum Gasteiger partial charge on any atom is -0.497 e. The van der Waals surface area contributed by atoms with Crippen LogP contribution < -0.4 is 10.1 Å². The Hall–Kier alpha value is -2.07. The third-order valence-electron chi connectivity index (χ3n) is 3.67. The average molecular weight is 383 g/mol. The van der Waals surface area contributed by atoms with E-state index in [1.54, 1.807) is 31.4 Å². The van der Waals surface area contributed by atoms with Crippen molar-refractivity contribution >= 4 is 27.5 Å². The van der Waals surface area contributed by atoms with Gasteiger partial charge in [0, 0.05) is 11.6 Å². The molecule has 0 aliphatic carbocycles. The summed E-state index contributed by atoms with van der Waals surface area (Å²) in [6, 6.07) is 6.86. The van der Waals surface area contributed by atoms with Crippen LogP contribution in [0.5, 0.6) is 5.75 Å². The fourth-order valence-corrected chi connectivity index (χ4v) is 4.67. The minimum absolute atomic E-state index is 0.00554. The van der Waals surface area contributed by atoms with Gasteiger partial charge in [-0.15, -0.1) is 10.2 Å². The van der Waals surface area contributed by atoms with Crippen molar-refractivity contribution in [1.82, 2.24) is 15.5 Å². The molecule has 10 heteroatoms. The summed E-state index contributed by atoms with van der Waals surface area (Å²) in [5.41, 5.74) is 0.751. The molecular formula is C15H17N3O5S2. The number of carbonyl (C=O) groups is 1. The lowest BCUT2D eigenvalue weighted by molar-refractivity contribution is -0.119. The molecular weight excluding hydrogens is 366 g/mol. The number of carbonyl (C=O) groups excluding carboxylic acids is 1. The van der Waals surface area contributed by atoms with Crippen molar-refractivity contribution in [1.29, 1.82) is 0 Å². The van der Waals surface area contributed by atoms with E-state index in [1.807, 2.05) is 0 Å². The first-order valence-electron chi connectivity index (χ1n) is 7.56. The van der Waals surface area contributed by atoms with Gasteiger partial charge in [-0.3, -0.25) is 4.79 Å². The van der Waals surface area contributed by atoms with Crippen LogP contribution in [0.2, 0.25) is 0 Å². The summed E-state index contributed by atoms with van der Waals surface area (Å²) in [4.78, 5) is 11.9. The van der Waals surface area contributed by atoms with Gasteiger partial charge in [0.05, 0.1) is 24.4 Å². The molecule has 2 aromatic rings. The second kappa shape index (κ2) is 7.44. The maximum atomic E-state index is 11.9. The van der Waals surface area contributed by atoms with E-state index in [4.69, 9.17) is 9.15 Å². The predicted octanol–water partition coefficient (Wildman–Crippen LogP) is 1.14. The van der Waals surface area contributed by atoms with Gasteiger partial charge in [-0.2, -0.15) is 0 Å². The molecule has 8 nitrogen and oxygen atoms in total. The molecule has 0 spiro atoms. The van der Waals surface area contributed by atoms with Crippen molar-refractivity contribution in [2.24, 2.45) is 0 Å². The summed E-state index contributed by atoms with van der Waals surface area (Å²) in [7, 11) is -1.43. The Balaban J connectivity index is 1.52. The molecule has 1 aliphatic rings. The minimum atomic E-state index is -3.01. The highest BCUT2D eigenvalue weighted by molar-refractivity contribution is 7.99. The average Bonchev–Trinajstić information content (AvgIpc) is 3.19. The van der Waals surface area contributed by atoms with Gasteiger partial charge in [-0.05, 0) is 30.7 Å². The number of amides is 1. The van der Waals surface area contributed by atoms with Crippen LogP contribution in [0.25, 0.3) is 11.5 Å². The predicted molar refractivity (Wildman–Crippen MR) is 92.2 cm³/mol. The maximum Gasteiger partial charge on any atom is 0.277 e. The van der Waals surface area contributed by atoms with Crippen molar-refractivity contribution in [2.75, 3.05) is 24.4 Å². The van der Waals surface area contributed by atoms with Gasteiger partial charge in [0.15, 0.2) is 9.84 Å². The van der Waals surface area contributed by atoms with Gasteiger partial charge in [0.25, 0.3) is 5.22 Å². The van der Waals surface area contributed by atoms with Crippen molar-refractivity contribution in [3.05, 3.63) is 24.3 Å². The number of hydrogen-bond donors (Lipinski definition) is 1. The van der Waals surface area contributed by atoms with Gasteiger partial charge >= 0.3 is 0 Å². The maximum absolute atomic E-state index is 11.9. The van der Waals surface area contributed by atoms with E-state index in [9.17, 15) is 13.2 Å². The molecule has 1 aliphatic heterocycles. The number of benzene rings is 1. The highest BCUT2D eigenvalue weighted by Gasteiger charge is 2.28. The molecule has 1 unspecified atom stereocenters. The topological polar surface area (TPSA) is 111 Å². The SMILES string of the molecule is COc1ccc(-c2nnc(SCC(=O)NC3CCS(=O)(=O)C3)o2)cc1. The molecule has 0 saturated carbocycles. The lowest BCUT2D eigenvalue weighted by atomic mass is 10.2. The number of thioether (sulfide) groups is 1. The summed E-state index contributed by atoms with van der Waals surface area (Å²) < 4.78 is 33.4. The van der Waals surface area contributed by atoms with Crippen molar-refractivity contribution in [3.63, 3.8) is 0 Å². The number of methoxy groups -OCH3 is 1. The van der Waals surface area contributed by atoms with Gasteiger partial charge in [-0.1, -0.05) is 11.8 Å². The Bertz CT molecular complexity index is 848. The molecule has 1 amide bonds. The second-order valence-corrected chi connectivity index (χ2v) is 8.71. The molecule has 1 N–H and O–H groups in total. The van der Waals surface area contributed by atoms with Gasteiger partial charge in [0.2, 0.25) is 11.8 Å². The Morgan fingerprint density at radius 2 is 2.12 bits per heavy atom. The molecule has 3 rings (SSSR count). The Morgan fingerprint density at radius 3 is 2.76 bits per heavy atom. The zero-order valence-electron chi connectivity index (χ0n) is 13.5. The number of nitrogens with zero attached hydrogens (tertiary/aromatic N) is 2. The highest BCUT2D eigenvalue weighted by Crippen LogP contribution is 2.24. The molecule has 1 aromatic carbocycles. The number of nitrogens with one attached hydrogen (secondary N) is 1. The zero-order valence-corrected chi connectivity index (χ0v) is 15.1. The van der Waals surface area contributed by atoms with Crippen molar-refractivity contribution < 1.29 is 22.4 Å². The van der Waals surface area contributed by atoms with Gasteiger partial charge < -0.3 is 14.5 Å². The monoisotopic (exact) mass is 383 g/mol. The molecule has 134 valence electrons. The number of aromatic nitrogens is 2. The smallest absolute Gasteiger partial charge is 0.277 e. The number of ether oxygens (including phenoxy) is 1. The molecule has 1 atom stereocenters. The first-order valence-corrected chi connectivity index (χ1v) is 10.4. The molecule has 0 radical (unpaired) electrons. The standard InChI is InChI=1S/C15H17N3O5S2/c1-22-12-4-2-10(3-5-12)14-17-18-15(23-14)24-8-13(19)16-11-6-7-25(20,21)9-11/h2-5,11H,6-9H2,1H3,(H,16,19). The highest BCUT2D eigenvalue weighted by atomic mass is 32.2. The summed E-state index contributed by atoms with van der Waals surface area (Å²) in [5, 5.41) is 10.8. The van der Waals surface area contributed by atoms with E-state index < -0.39 is 9.84 Å². The lowest BCUT2D eigenvalue weighted by Gasteiger charge is -2.09. The van der Waals surface area contributed by atoms with E-state index in [1.165, 1.54) is 0 Å². The van der Waals surface area contributed by atoms with Crippen LogP contribution in [-0.2, 0) is 14.6 Å². The summed E-state index contributed by atoms with van der Waals surface area (Å²) in [6.45, 7) is 0. The molecule has 0 bridgehead atoms. The number of rotatable bonds is 6. The fraction of sp³-hybridized carbons (Fsp3) is 0.400. The van der Waals surface area contributed by atoms with Crippen LogP contribution in [-0.4, -0.2) is 54.9 Å². The molecule has 1 fully saturated rings. The molecule has 1 aromatic heterocycles. The molecule has 2 heterocycles. The van der Waals surface area contributed by atoms with Crippen LogP contribution in [0, 0.1) is 0 Å². The first-order chi connectivity index (χ1) is 11.9.